The lowest BCUT2D eigenvalue weighted by Gasteiger charge is -2.33. The number of carbonyl (C=O) groups is 2. The summed E-state index contributed by atoms with van der Waals surface area (Å²) in [5.74, 6) is 1.31. The lowest BCUT2D eigenvalue weighted by atomic mass is 9.76. The molecule has 0 radical (unpaired) electrons. The van der Waals surface area contributed by atoms with E-state index < -0.39 is 0 Å². The molecule has 2 heterocycles. The summed E-state index contributed by atoms with van der Waals surface area (Å²) in [4.78, 5) is 25.4. The van der Waals surface area contributed by atoms with Crippen molar-refractivity contribution in [2.45, 2.75) is 39.0 Å². The number of ether oxygens (including phenoxy) is 1. The molecule has 4 nitrogen and oxygen atoms in total. The van der Waals surface area contributed by atoms with E-state index in [9.17, 15) is 9.59 Å². The molecule has 1 aromatic heterocycles. The maximum atomic E-state index is 12.8. The van der Waals surface area contributed by atoms with Gasteiger partial charge in [-0.25, -0.2) is 4.79 Å². The molecule has 0 saturated carbocycles. The summed E-state index contributed by atoms with van der Waals surface area (Å²) >= 11 is 3.32. The van der Waals surface area contributed by atoms with Gasteiger partial charge in [-0.2, -0.15) is 23.1 Å². The monoisotopic (exact) mass is 377 g/mol. The van der Waals surface area contributed by atoms with Gasteiger partial charge in [0.15, 0.2) is 5.78 Å². The fourth-order valence-electron chi connectivity index (χ4n) is 3.44. The van der Waals surface area contributed by atoms with Gasteiger partial charge in [0.2, 0.25) is 0 Å². The summed E-state index contributed by atoms with van der Waals surface area (Å²) in [6.45, 7) is 4.38. The maximum Gasteiger partial charge on any atom is 0.336 e. The third-order valence-electron chi connectivity index (χ3n) is 4.54. The van der Waals surface area contributed by atoms with Gasteiger partial charge in [0.25, 0.3) is 0 Å². The molecule has 1 aromatic rings. The van der Waals surface area contributed by atoms with Gasteiger partial charge in [0, 0.05) is 35.1 Å². The van der Waals surface area contributed by atoms with Crippen LogP contribution in [0.5, 0.6) is 0 Å². The van der Waals surface area contributed by atoms with E-state index in [0.717, 1.165) is 46.9 Å². The van der Waals surface area contributed by atoms with Crippen molar-refractivity contribution in [1.29, 1.82) is 0 Å². The van der Waals surface area contributed by atoms with Gasteiger partial charge in [-0.15, -0.1) is 0 Å². The fourth-order valence-corrected chi connectivity index (χ4v) is 4.62. The highest BCUT2D eigenvalue weighted by Crippen LogP contribution is 2.42. The van der Waals surface area contributed by atoms with Crippen molar-refractivity contribution < 1.29 is 14.3 Å². The van der Waals surface area contributed by atoms with Crippen LogP contribution in [-0.4, -0.2) is 29.9 Å². The number of thiophene rings is 1. The number of hydrogen-bond acceptors (Lipinski definition) is 6. The topological polar surface area (TPSA) is 55.4 Å². The molecule has 6 heteroatoms. The number of nitrogens with one attached hydrogen (secondary N) is 1. The molecule has 134 valence electrons. The first-order valence-electron chi connectivity index (χ1n) is 8.64. The molecule has 0 saturated heterocycles. The second kappa shape index (κ2) is 8.23. The number of dihydropyridines is 1. The minimum Gasteiger partial charge on any atom is -0.461 e. The van der Waals surface area contributed by atoms with Gasteiger partial charge in [-0.05, 0) is 47.9 Å². The summed E-state index contributed by atoms with van der Waals surface area (Å²) in [7, 11) is 0. The van der Waals surface area contributed by atoms with Gasteiger partial charge in [-0.3, -0.25) is 4.79 Å². The van der Waals surface area contributed by atoms with E-state index in [4.69, 9.17) is 4.74 Å². The third-order valence-corrected chi connectivity index (χ3v) is 6.10. The quantitative estimate of drug-likeness (QED) is 0.600. The Morgan fingerprint density at radius 3 is 3.00 bits per heavy atom. The van der Waals surface area contributed by atoms with E-state index in [-0.39, 0.29) is 17.7 Å². The van der Waals surface area contributed by atoms with E-state index in [2.05, 4.69) is 12.2 Å². The molecule has 0 aromatic carbocycles. The Morgan fingerprint density at radius 1 is 1.44 bits per heavy atom. The molecule has 1 aliphatic heterocycles. The minimum absolute atomic E-state index is 0.143. The van der Waals surface area contributed by atoms with Crippen molar-refractivity contribution in [3.63, 3.8) is 0 Å². The van der Waals surface area contributed by atoms with Crippen LogP contribution >= 0.6 is 23.1 Å². The predicted molar refractivity (Wildman–Crippen MR) is 103 cm³/mol. The second-order valence-corrected chi connectivity index (χ2v) is 8.33. The summed E-state index contributed by atoms with van der Waals surface area (Å²) in [5.41, 5.74) is 4.11. The molecule has 3 rings (SSSR count). The molecular formula is C19H23NO3S2. The van der Waals surface area contributed by atoms with Crippen LogP contribution in [0.2, 0.25) is 0 Å². The molecule has 1 unspecified atom stereocenters. The molecule has 2 aliphatic rings. The molecule has 0 bridgehead atoms. The van der Waals surface area contributed by atoms with Crippen LogP contribution in [0.25, 0.3) is 0 Å². The van der Waals surface area contributed by atoms with E-state index >= 15 is 0 Å². The molecule has 25 heavy (non-hydrogen) atoms. The zero-order valence-electron chi connectivity index (χ0n) is 14.6. The maximum absolute atomic E-state index is 12.8. The number of allylic oxidation sites excluding steroid dienone is 3. The zero-order chi connectivity index (χ0) is 17.8. The first-order chi connectivity index (χ1) is 12.1. The van der Waals surface area contributed by atoms with Crippen LogP contribution in [0, 0.1) is 0 Å². The molecule has 1 aliphatic carbocycles. The highest BCUT2D eigenvalue weighted by Gasteiger charge is 2.39. The van der Waals surface area contributed by atoms with Crippen LogP contribution in [0.3, 0.4) is 0 Å². The van der Waals surface area contributed by atoms with E-state index in [1.54, 1.807) is 23.1 Å². The van der Waals surface area contributed by atoms with Crippen molar-refractivity contribution in [3.05, 3.63) is 44.9 Å². The van der Waals surface area contributed by atoms with Crippen LogP contribution in [-0.2, 0) is 14.3 Å². The van der Waals surface area contributed by atoms with Gasteiger partial charge >= 0.3 is 5.97 Å². The number of ketones is 1. The Bertz CT molecular complexity index is 719. The first-order valence-corrected chi connectivity index (χ1v) is 10.7. The van der Waals surface area contributed by atoms with Crippen molar-refractivity contribution in [2.75, 3.05) is 18.1 Å². The highest BCUT2D eigenvalue weighted by molar-refractivity contribution is 7.99. The van der Waals surface area contributed by atoms with Gasteiger partial charge in [-0.1, -0.05) is 6.92 Å². The van der Waals surface area contributed by atoms with Gasteiger partial charge in [0.05, 0.1) is 5.57 Å². The lowest BCUT2D eigenvalue weighted by Crippen LogP contribution is -2.34. The smallest absolute Gasteiger partial charge is 0.336 e. The Labute approximate surface area is 156 Å². The fraction of sp³-hybridized carbons (Fsp3) is 0.474. The Kier molecular flexibility index (Phi) is 6.02. The molecule has 0 spiro atoms. The summed E-state index contributed by atoms with van der Waals surface area (Å²) < 4.78 is 5.51. The number of rotatable bonds is 6. The van der Waals surface area contributed by atoms with E-state index in [0.29, 0.717) is 18.6 Å². The average Bonchev–Trinajstić information content (AvgIpc) is 3.12. The van der Waals surface area contributed by atoms with Crippen LogP contribution in [0.4, 0.5) is 0 Å². The molecule has 0 fully saturated rings. The van der Waals surface area contributed by atoms with Gasteiger partial charge < -0.3 is 10.1 Å². The summed E-state index contributed by atoms with van der Waals surface area (Å²) in [6.07, 6.45) is 2.27. The summed E-state index contributed by atoms with van der Waals surface area (Å²) in [6, 6.07) is 2.00. The first kappa shape index (κ1) is 18.3. The van der Waals surface area contributed by atoms with E-state index in [1.807, 2.05) is 23.8 Å². The number of thioether (sulfide) groups is 1. The largest absolute Gasteiger partial charge is 0.461 e. The van der Waals surface area contributed by atoms with Crippen molar-refractivity contribution >= 4 is 34.9 Å². The lowest BCUT2D eigenvalue weighted by molar-refractivity contribution is -0.138. The Hall–Kier alpha value is -1.53. The zero-order valence-corrected chi connectivity index (χ0v) is 16.2. The number of Topliss-reactive ketones (excluding diaryl/α,β-unsaturated/α-hetero) is 1. The third kappa shape index (κ3) is 3.85. The summed E-state index contributed by atoms with van der Waals surface area (Å²) in [5, 5.41) is 7.32. The highest BCUT2D eigenvalue weighted by atomic mass is 32.2. The van der Waals surface area contributed by atoms with Crippen LogP contribution < -0.4 is 5.32 Å². The van der Waals surface area contributed by atoms with Crippen molar-refractivity contribution in [1.82, 2.24) is 5.32 Å². The number of carbonyl (C=O) groups excluding carboxylic acids is 2. The minimum atomic E-state index is -0.317. The van der Waals surface area contributed by atoms with Crippen molar-refractivity contribution in [3.8, 4) is 0 Å². The molecule has 0 amide bonds. The normalized spacial score (nSPS) is 20.4. The molecule has 1 N–H and O–H groups in total. The molecule has 1 atom stereocenters. The van der Waals surface area contributed by atoms with Gasteiger partial charge in [0.1, 0.15) is 6.61 Å². The van der Waals surface area contributed by atoms with Crippen molar-refractivity contribution in [2.24, 2.45) is 0 Å². The molecular weight excluding hydrogens is 354 g/mol. The van der Waals surface area contributed by atoms with E-state index in [1.165, 1.54) is 0 Å². The SMILES string of the molecule is CCSCCOC(=O)C1=C(C)NC2=C(C(=O)CCC2)C1c1ccsc1. The Morgan fingerprint density at radius 2 is 2.28 bits per heavy atom. The number of hydrogen-bond donors (Lipinski definition) is 1. The number of esters is 1. The standard InChI is InChI=1S/C19H23NO3S2/c1-3-24-10-8-23-19(22)16-12(2)20-14-5-4-6-15(21)18(14)17(16)13-7-9-25-11-13/h7,9,11,17,20H,3-6,8,10H2,1-2H3. The Balaban J connectivity index is 1.92. The second-order valence-electron chi connectivity index (χ2n) is 6.16. The van der Waals surface area contributed by atoms with Crippen LogP contribution in [0.1, 0.15) is 44.6 Å². The predicted octanol–water partition coefficient (Wildman–Crippen LogP) is 4.01. The average molecular weight is 378 g/mol. The van der Waals surface area contributed by atoms with Crippen LogP contribution in [0.15, 0.2) is 39.4 Å².